The molecule has 0 fully saturated rings. The number of fused-ring (bicyclic) bond motifs is 3. The van der Waals surface area contributed by atoms with E-state index in [1.807, 2.05) is 6.92 Å². The summed E-state index contributed by atoms with van der Waals surface area (Å²) in [5, 5.41) is 9.51. The Bertz CT molecular complexity index is 560. The van der Waals surface area contributed by atoms with Gasteiger partial charge in [0.15, 0.2) is 0 Å². The predicted octanol–water partition coefficient (Wildman–Crippen LogP) is 3.46. The molecule has 0 radical (unpaired) electrons. The number of aliphatic hydroxyl groups excluding tert-OH is 1. The Hall–Kier alpha value is -1.64. The highest BCUT2D eigenvalue weighted by Gasteiger charge is 2.30. The minimum absolute atomic E-state index is 0.246. The van der Waals surface area contributed by atoms with Crippen molar-refractivity contribution < 1.29 is 5.11 Å². The summed E-state index contributed by atoms with van der Waals surface area (Å²) in [5.74, 6) is 0. The van der Waals surface area contributed by atoms with E-state index >= 15 is 0 Å². The standard InChI is InChI=1S/C18H21NO/c1-13(20)11-12-19(2)18-16-9-5-3-7-14(16)15-8-4-6-10-17(15)18/h3-10,13,18,20H,11-12H2,1-2H3. The van der Waals surface area contributed by atoms with Crippen LogP contribution in [-0.2, 0) is 0 Å². The maximum atomic E-state index is 9.51. The van der Waals surface area contributed by atoms with Gasteiger partial charge in [-0.3, -0.25) is 4.90 Å². The predicted molar refractivity (Wildman–Crippen MR) is 82.6 cm³/mol. The molecule has 2 nitrogen and oxygen atoms in total. The van der Waals surface area contributed by atoms with Crippen molar-refractivity contribution in [1.82, 2.24) is 4.90 Å². The highest BCUT2D eigenvalue weighted by molar-refractivity contribution is 5.78. The zero-order chi connectivity index (χ0) is 14.1. The summed E-state index contributed by atoms with van der Waals surface area (Å²) in [7, 11) is 2.14. The van der Waals surface area contributed by atoms with E-state index in [1.165, 1.54) is 22.3 Å². The van der Waals surface area contributed by atoms with Crippen molar-refractivity contribution >= 4 is 0 Å². The second-order valence-corrected chi connectivity index (χ2v) is 5.70. The zero-order valence-corrected chi connectivity index (χ0v) is 12.1. The molecule has 1 aliphatic rings. The van der Waals surface area contributed by atoms with Gasteiger partial charge in [0.2, 0.25) is 0 Å². The average Bonchev–Trinajstić information content (AvgIpc) is 2.79. The third kappa shape index (κ3) is 2.26. The fourth-order valence-electron chi connectivity index (χ4n) is 3.12. The lowest BCUT2D eigenvalue weighted by atomic mass is 10.0. The molecule has 0 spiro atoms. The molecule has 1 atom stereocenters. The molecular weight excluding hydrogens is 246 g/mol. The monoisotopic (exact) mass is 267 g/mol. The maximum Gasteiger partial charge on any atom is 0.0611 e. The van der Waals surface area contributed by atoms with Gasteiger partial charge >= 0.3 is 0 Å². The maximum absolute atomic E-state index is 9.51. The summed E-state index contributed by atoms with van der Waals surface area (Å²) >= 11 is 0. The Morgan fingerprint density at radius 1 is 1.00 bits per heavy atom. The Morgan fingerprint density at radius 3 is 2.00 bits per heavy atom. The molecule has 2 heteroatoms. The molecule has 104 valence electrons. The molecule has 0 saturated heterocycles. The van der Waals surface area contributed by atoms with E-state index in [2.05, 4.69) is 60.5 Å². The van der Waals surface area contributed by atoms with Crippen LogP contribution in [0.3, 0.4) is 0 Å². The first kappa shape index (κ1) is 13.3. The topological polar surface area (TPSA) is 23.5 Å². The third-order valence-corrected chi connectivity index (χ3v) is 4.14. The summed E-state index contributed by atoms with van der Waals surface area (Å²) in [6, 6.07) is 17.6. The van der Waals surface area contributed by atoms with Crippen molar-refractivity contribution in [3.63, 3.8) is 0 Å². The molecule has 3 rings (SSSR count). The minimum Gasteiger partial charge on any atom is -0.393 e. The van der Waals surface area contributed by atoms with E-state index in [4.69, 9.17) is 0 Å². The van der Waals surface area contributed by atoms with Crippen molar-refractivity contribution in [2.45, 2.75) is 25.5 Å². The first-order valence-corrected chi connectivity index (χ1v) is 7.25. The molecule has 1 unspecified atom stereocenters. The largest absolute Gasteiger partial charge is 0.393 e. The van der Waals surface area contributed by atoms with E-state index in [1.54, 1.807) is 0 Å². The molecule has 0 amide bonds. The highest BCUT2D eigenvalue weighted by Crippen LogP contribution is 2.45. The van der Waals surface area contributed by atoms with E-state index in [9.17, 15) is 5.11 Å². The van der Waals surface area contributed by atoms with Crippen molar-refractivity contribution in [3.8, 4) is 11.1 Å². The molecule has 20 heavy (non-hydrogen) atoms. The number of hydrogen-bond donors (Lipinski definition) is 1. The lowest BCUT2D eigenvalue weighted by Gasteiger charge is -2.26. The summed E-state index contributed by atoms with van der Waals surface area (Å²) in [4.78, 5) is 2.34. The van der Waals surface area contributed by atoms with Gasteiger partial charge in [0.05, 0.1) is 12.1 Å². The normalized spacial score (nSPS) is 15.2. The molecule has 1 N–H and O–H groups in total. The van der Waals surface area contributed by atoms with Crippen LogP contribution in [0.4, 0.5) is 0 Å². The smallest absolute Gasteiger partial charge is 0.0611 e. The van der Waals surface area contributed by atoms with Crippen LogP contribution in [0.15, 0.2) is 48.5 Å². The molecule has 0 bridgehead atoms. The number of benzene rings is 2. The lowest BCUT2D eigenvalue weighted by molar-refractivity contribution is 0.156. The second-order valence-electron chi connectivity index (χ2n) is 5.70. The molecule has 0 heterocycles. The van der Waals surface area contributed by atoms with Gasteiger partial charge < -0.3 is 5.11 Å². The first-order chi connectivity index (χ1) is 9.68. The van der Waals surface area contributed by atoms with Gasteiger partial charge in [0.1, 0.15) is 0 Å². The lowest BCUT2D eigenvalue weighted by Crippen LogP contribution is -2.27. The van der Waals surface area contributed by atoms with Gasteiger partial charge in [0.25, 0.3) is 0 Å². The molecular formula is C18H21NO. The number of aliphatic hydroxyl groups is 1. The van der Waals surface area contributed by atoms with Crippen LogP contribution >= 0.6 is 0 Å². The summed E-state index contributed by atoms with van der Waals surface area (Å²) in [6.45, 7) is 2.75. The van der Waals surface area contributed by atoms with Crippen LogP contribution in [0, 0.1) is 0 Å². The minimum atomic E-state index is -0.246. The van der Waals surface area contributed by atoms with Crippen LogP contribution in [0.5, 0.6) is 0 Å². The fraction of sp³-hybridized carbons (Fsp3) is 0.333. The van der Waals surface area contributed by atoms with E-state index < -0.39 is 0 Å². The van der Waals surface area contributed by atoms with Gasteiger partial charge in [0, 0.05) is 6.54 Å². The van der Waals surface area contributed by atoms with Gasteiger partial charge in [-0.25, -0.2) is 0 Å². The van der Waals surface area contributed by atoms with Gasteiger partial charge in [-0.05, 0) is 42.6 Å². The Balaban J connectivity index is 1.98. The average molecular weight is 267 g/mol. The van der Waals surface area contributed by atoms with Crippen LogP contribution in [0.25, 0.3) is 11.1 Å². The quantitative estimate of drug-likeness (QED) is 0.917. The Morgan fingerprint density at radius 2 is 1.50 bits per heavy atom. The van der Waals surface area contributed by atoms with Crippen LogP contribution < -0.4 is 0 Å². The fourth-order valence-corrected chi connectivity index (χ4v) is 3.12. The summed E-state index contributed by atoms with van der Waals surface area (Å²) in [6.07, 6.45) is 0.557. The van der Waals surface area contributed by atoms with Gasteiger partial charge in [-0.1, -0.05) is 48.5 Å². The molecule has 2 aromatic rings. The van der Waals surface area contributed by atoms with Gasteiger partial charge in [-0.15, -0.1) is 0 Å². The number of nitrogens with zero attached hydrogens (tertiary/aromatic N) is 1. The second kappa shape index (κ2) is 5.39. The van der Waals surface area contributed by atoms with Crippen molar-refractivity contribution in [2.75, 3.05) is 13.6 Å². The Labute approximate surface area is 120 Å². The molecule has 2 aromatic carbocycles. The first-order valence-electron chi connectivity index (χ1n) is 7.25. The molecule has 1 aliphatic carbocycles. The number of rotatable bonds is 4. The van der Waals surface area contributed by atoms with Crippen molar-refractivity contribution in [2.24, 2.45) is 0 Å². The van der Waals surface area contributed by atoms with Crippen LogP contribution in [0.1, 0.15) is 30.5 Å². The molecule has 0 aliphatic heterocycles. The zero-order valence-electron chi connectivity index (χ0n) is 12.1. The van der Waals surface area contributed by atoms with Crippen LogP contribution in [0.2, 0.25) is 0 Å². The third-order valence-electron chi connectivity index (χ3n) is 4.14. The number of hydrogen-bond acceptors (Lipinski definition) is 2. The van der Waals surface area contributed by atoms with Crippen molar-refractivity contribution in [3.05, 3.63) is 59.7 Å². The van der Waals surface area contributed by atoms with E-state index in [-0.39, 0.29) is 6.10 Å². The summed E-state index contributed by atoms with van der Waals surface area (Å²) in [5.41, 5.74) is 5.44. The highest BCUT2D eigenvalue weighted by atomic mass is 16.3. The van der Waals surface area contributed by atoms with Crippen molar-refractivity contribution in [1.29, 1.82) is 0 Å². The molecule has 0 saturated carbocycles. The molecule has 0 aromatic heterocycles. The van der Waals surface area contributed by atoms with E-state index in [0.29, 0.717) is 6.04 Å². The van der Waals surface area contributed by atoms with Gasteiger partial charge in [-0.2, -0.15) is 0 Å². The van der Waals surface area contributed by atoms with Crippen LogP contribution in [-0.4, -0.2) is 29.7 Å². The summed E-state index contributed by atoms with van der Waals surface area (Å²) < 4.78 is 0. The SMILES string of the molecule is CC(O)CCN(C)C1c2ccccc2-c2ccccc21. The Kier molecular flexibility index (Phi) is 3.60. The van der Waals surface area contributed by atoms with E-state index in [0.717, 1.165) is 13.0 Å².